The summed E-state index contributed by atoms with van der Waals surface area (Å²) >= 11 is 0. The highest BCUT2D eigenvalue weighted by molar-refractivity contribution is 5.73. The van der Waals surface area contributed by atoms with E-state index in [0.717, 1.165) is 13.1 Å². The third-order valence-electron chi connectivity index (χ3n) is 2.76. The van der Waals surface area contributed by atoms with E-state index < -0.39 is 0 Å². The summed E-state index contributed by atoms with van der Waals surface area (Å²) in [5.41, 5.74) is 0. The zero-order valence-electron chi connectivity index (χ0n) is 9.00. The van der Waals surface area contributed by atoms with Crippen LogP contribution >= 0.6 is 0 Å². The van der Waals surface area contributed by atoms with Gasteiger partial charge in [0.15, 0.2) is 0 Å². The Morgan fingerprint density at radius 2 is 2.08 bits per heavy atom. The summed E-state index contributed by atoms with van der Waals surface area (Å²) in [4.78, 5) is 13.3. The van der Waals surface area contributed by atoms with Gasteiger partial charge in [-0.05, 0) is 19.8 Å². The van der Waals surface area contributed by atoms with Crippen LogP contribution in [0.4, 0.5) is 0 Å². The molecule has 1 aliphatic rings. The standard InChI is InChI=1S/C10H20N2O/c1-7(2)12-5-8(3)10(6-12)11-9(4)13/h7-8,10H,5-6H2,1-4H3,(H,11,13)/t8?,10-/m1/s1. The molecule has 0 spiro atoms. The first-order chi connectivity index (χ1) is 6.00. The first kappa shape index (κ1) is 10.5. The van der Waals surface area contributed by atoms with Crippen LogP contribution in [0.15, 0.2) is 0 Å². The summed E-state index contributed by atoms with van der Waals surface area (Å²) < 4.78 is 0. The van der Waals surface area contributed by atoms with Crippen molar-refractivity contribution in [3.63, 3.8) is 0 Å². The zero-order chi connectivity index (χ0) is 10.0. The van der Waals surface area contributed by atoms with Crippen molar-refractivity contribution in [3.05, 3.63) is 0 Å². The molecule has 0 saturated carbocycles. The maximum atomic E-state index is 10.9. The highest BCUT2D eigenvalue weighted by Gasteiger charge is 2.30. The monoisotopic (exact) mass is 184 g/mol. The fourth-order valence-electron chi connectivity index (χ4n) is 1.87. The van der Waals surface area contributed by atoms with Crippen LogP contribution in [0.3, 0.4) is 0 Å². The van der Waals surface area contributed by atoms with Crippen molar-refractivity contribution in [1.82, 2.24) is 10.2 Å². The fraction of sp³-hybridized carbons (Fsp3) is 0.900. The number of hydrogen-bond donors (Lipinski definition) is 1. The van der Waals surface area contributed by atoms with Crippen LogP contribution in [0.2, 0.25) is 0 Å². The van der Waals surface area contributed by atoms with Crippen LogP contribution in [-0.2, 0) is 4.79 Å². The van der Waals surface area contributed by atoms with Crippen LogP contribution < -0.4 is 5.32 Å². The molecular formula is C10H20N2O. The Labute approximate surface area is 80.5 Å². The van der Waals surface area contributed by atoms with Gasteiger partial charge in [-0.3, -0.25) is 9.69 Å². The molecule has 76 valence electrons. The fourth-order valence-corrected chi connectivity index (χ4v) is 1.87. The second kappa shape index (κ2) is 4.09. The van der Waals surface area contributed by atoms with E-state index in [0.29, 0.717) is 18.0 Å². The van der Waals surface area contributed by atoms with Gasteiger partial charge in [-0.2, -0.15) is 0 Å². The number of carbonyl (C=O) groups is 1. The average Bonchev–Trinajstić information content (AvgIpc) is 2.31. The maximum absolute atomic E-state index is 10.9. The average molecular weight is 184 g/mol. The molecular weight excluding hydrogens is 164 g/mol. The van der Waals surface area contributed by atoms with Crippen molar-refractivity contribution in [2.24, 2.45) is 5.92 Å². The van der Waals surface area contributed by atoms with Crippen molar-refractivity contribution in [3.8, 4) is 0 Å². The second-order valence-electron chi connectivity index (χ2n) is 4.33. The maximum Gasteiger partial charge on any atom is 0.217 e. The first-order valence-electron chi connectivity index (χ1n) is 5.02. The van der Waals surface area contributed by atoms with E-state index in [4.69, 9.17) is 0 Å². The van der Waals surface area contributed by atoms with Gasteiger partial charge in [-0.25, -0.2) is 0 Å². The first-order valence-corrected chi connectivity index (χ1v) is 5.02. The Bertz CT molecular complexity index is 191. The van der Waals surface area contributed by atoms with Crippen LogP contribution in [-0.4, -0.2) is 36.0 Å². The molecule has 0 aromatic heterocycles. The SMILES string of the molecule is CC(=O)N[C@@H]1CN(C(C)C)CC1C. The van der Waals surface area contributed by atoms with Gasteiger partial charge < -0.3 is 5.32 Å². The molecule has 3 heteroatoms. The van der Waals surface area contributed by atoms with Crippen molar-refractivity contribution < 1.29 is 4.79 Å². The Morgan fingerprint density at radius 3 is 2.46 bits per heavy atom. The van der Waals surface area contributed by atoms with Gasteiger partial charge >= 0.3 is 0 Å². The molecule has 1 heterocycles. The number of rotatable bonds is 2. The van der Waals surface area contributed by atoms with Gasteiger partial charge in [-0.15, -0.1) is 0 Å². The summed E-state index contributed by atoms with van der Waals surface area (Å²) in [6.45, 7) is 10.3. The predicted molar refractivity (Wildman–Crippen MR) is 53.5 cm³/mol. The highest BCUT2D eigenvalue weighted by atomic mass is 16.1. The van der Waals surface area contributed by atoms with E-state index in [1.54, 1.807) is 6.92 Å². The second-order valence-corrected chi connectivity index (χ2v) is 4.33. The normalized spacial score (nSPS) is 29.6. The highest BCUT2D eigenvalue weighted by Crippen LogP contribution is 2.18. The third kappa shape index (κ3) is 2.69. The van der Waals surface area contributed by atoms with Crippen LogP contribution in [0.1, 0.15) is 27.7 Å². The van der Waals surface area contributed by atoms with Crippen molar-refractivity contribution in [1.29, 1.82) is 0 Å². The number of carbonyl (C=O) groups excluding carboxylic acids is 1. The number of amides is 1. The molecule has 0 aromatic carbocycles. The molecule has 3 nitrogen and oxygen atoms in total. The van der Waals surface area contributed by atoms with E-state index in [1.807, 2.05) is 0 Å². The molecule has 1 unspecified atom stereocenters. The Morgan fingerprint density at radius 1 is 1.46 bits per heavy atom. The number of nitrogens with zero attached hydrogens (tertiary/aromatic N) is 1. The van der Waals surface area contributed by atoms with Gasteiger partial charge in [0.1, 0.15) is 0 Å². The van der Waals surface area contributed by atoms with Gasteiger partial charge in [-0.1, -0.05) is 6.92 Å². The molecule has 13 heavy (non-hydrogen) atoms. The van der Waals surface area contributed by atoms with Crippen LogP contribution in [0.25, 0.3) is 0 Å². The summed E-state index contributed by atoms with van der Waals surface area (Å²) in [5.74, 6) is 0.661. The number of nitrogens with one attached hydrogen (secondary N) is 1. The van der Waals surface area contributed by atoms with E-state index in [-0.39, 0.29) is 5.91 Å². The molecule has 2 atom stereocenters. The minimum atomic E-state index is 0.0856. The third-order valence-corrected chi connectivity index (χ3v) is 2.76. The number of likely N-dealkylation sites (tertiary alicyclic amines) is 1. The summed E-state index contributed by atoms with van der Waals surface area (Å²) in [6, 6.07) is 0.932. The van der Waals surface area contributed by atoms with Gasteiger partial charge in [0, 0.05) is 32.1 Å². The van der Waals surface area contributed by atoms with E-state index in [1.165, 1.54) is 0 Å². The van der Waals surface area contributed by atoms with Gasteiger partial charge in [0.25, 0.3) is 0 Å². The van der Waals surface area contributed by atoms with E-state index in [2.05, 4.69) is 31.0 Å². The Hall–Kier alpha value is -0.570. The Balaban J connectivity index is 2.46. The minimum Gasteiger partial charge on any atom is -0.352 e. The summed E-state index contributed by atoms with van der Waals surface area (Å²) in [5, 5.41) is 3.00. The van der Waals surface area contributed by atoms with Crippen molar-refractivity contribution in [2.45, 2.75) is 39.8 Å². The van der Waals surface area contributed by atoms with Gasteiger partial charge in [0.05, 0.1) is 0 Å². The molecule has 1 fully saturated rings. The Kier molecular flexibility index (Phi) is 3.31. The largest absolute Gasteiger partial charge is 0.352 e. The molecule has 1 amide bonds. The molecule has 1 rings (SSSR count). The van der Waals surface area contributed by atoms with E-state index in [9.17, 15) is 4.79 Å². The lowest BCUT2D eigenvalue weighted by atomic mass is 10.1. The van der Waals surface area contributed by atoms with E-state index >= 15 is 0 Å². The topological polar surface area (TPSA) is 32.3 Å². The molecule has 0 aliphatic carbocycles. The lowest BCUT2D eigenvalue weighted by molar-refractivity contribution is -0.119. The lowest BCUT2D eigenvalue weighted by Crippen LogP contribution is -2.39. The van der Waals surface area contributed by atoms with Crippen molar-refractivity contribution in [2.75, 3.05) is 13.1 Å². The zero-order valence-corrected chi connectivity index (χ0v) is 9.00. The summed E-state index contributed by atoms with van der Waals surface area (Å²) in [7, 11) is 0. The van der Waals surface area contributed by atoms with Crippen LogP contribution in [0.5, 0.6) is 0 Å². The molecule has 1 N–H and O–H groups in total. The predicted octanol–water partition coefficient (Wildman–Crippen LogP) is 0.851. The molecule has 1 saturated heterocycles. The van der Waals surface area contributed by atoms with Gasteiger partial charge in [0.2, 0.25) is 5.91 Å². The lowest BCUT2D eigenvalue weighted by Gasteiger charge is -2.20. The smallest absolute Gasteiger partial charge is 0.217 e. The quantitative estimate of drug-likeness (QED) is 0.690. The van der Waals surface area contributed by atoms with Crippen LogP contribution in [0, 0.1) is 5.92 Å². The summed E-state index contributed by atoms with van der Waals surface area (Å²) in [6.07, 6.45) is 0. The molecule has 1 aliphatic heterocycles. The molecule has 0 aromatic rings. The molecule has 0 radical (unpaired) electrons. The van der Waals surface area contributed by atoms with Crippen molar-refractivity contribution >= 4 is 5.91 Å². The minimum absolute atomic E-state index is 0.0856. The number of hydrogen-bond acceptors (Lipinski definition) is 2. The molecule has 0 bridgehead atoms.